The van der Waals surface area contributed by atoms with E-state index in [2.05, 4.69) is 15.5 Å². The maximum atomic E-state index is 12.4. The van der Waals surface area contributed by atoms with Crippen LogP contribution in [-0.2, 0) is 16.0 Å². The number of aromatic nitrogens is 2. The SMILES string of the molecule is COc1ccccc1NC(=O)Cc1noc([C@@H]2CCCO[C@H]2c2ccccc2)n1. The van der Waals surface area contributed by atoms with Crippen LogP contribution in [0.5, 0.6) is 5.75 Å². The Kier molecular flexibility index (Phi) is 5.86. The maximum absolute atomic E-state index is 12.4. The Morgan fingerprint density at radius 2 is 1.97 bits per heavy atom. The number of anilines is 1. The molecule has 0 spiro atoms. The molecule has 1 aromatic heterocycles. The fourth-order valence-corrected chi connectivity index (χ4v) is 3.58. The Morgan fingerprint density at radius 3 is 2.79 bits per heavy atom. The average Bonchev–Trinajstić information content (AvgIpc) is 3.23. The number of carbonyl (C=O) groups excluding carboxylic acids is 1. The zero-order chi connectivity index (χ0) is 20.1. The summed E-state index contributed by atoms with van der Waals surface area (Å²) >= 11 is 0. The molecule has 2 aromatic carbocycles. The second-order valence-corrected chi connectivity index (χ2v) is 6.92. The van der Waals surface area contributed by atoms with Crippen molar-refractivity contribution in [2.75, 3.05) is 19.0 Å². The van der Waals surface area contributed by atoms with E-state index in [1.54, 1.807) is 19.2 Å². The van der Waals surface area contributed by atoms with Gasteiger partial charge in [-0.1, -0.05) is 47.6 Å². The lowest BCUT2D eigenvalue weighted by Crippen LogP contribution is -2.21. The van der Waals surface area contributed by atoms with Gasteiger partial charge in [0.05, 0.1) is 31.2 Å². The molecule has 7 heteroatoms. The lowest BCUT2D eigenvalue weighted by Gasteiger charge is -2.29. The topological polar surface area (TPSA) is 86.5 Å². The molecular formula is C22H23N3O4. The number of rotatable bonds is 6. The molecule has 29 heavy (non-hydrogen) atoms. The van der Waals surface area contributed by atoms with Gasteiger partial charge in [-0.15, -0.1) is 0 Å². The molecule has 1 aliphatic heterocycles. The number of benzene rings is 2. The highest BCUT2D eigenvalue weighted by molar-refractivity contribution is 5.93. The summed E-state index contributed by atoms with van der Waals surface area (Å²) in [5.41, 5.74) is 1.69. The minimum atomic E-state index is -0.235. The van der Waals surface area contributed by atoms with Gasteiger partial charge in [0, 0.05) is 6.61 Å². The number of hydrogen-bond donors (Lipinski definition) is 1. The van der Waals surface area contributed by atoms with Gasteiger partial charge < -0.3 is 19.3 Å². The predicted octanol–water partition coefficient (Wildman–Crippen LogP) is 3.89. The highest BCUT2D eigenvalue weighted by Crippen LogP contribution is 2.39. The molecule has 2 atom stereocenters. The van der Waals surface area contributed by atoms with Crippen molar-refractivity contribution in [2.45, 2.75) is 31.3 Å². The van der Waals surface area contributed by atoms with E-state index in [9.17, 15) is 4.79 Å². The average molecular weight is 393 g/mol. The molecule has 150 valence electrons. The summed E-state index contributed by atoms with van der Waals surface area (Å²) < 4.78 is 16.8. The van der Waals surface area contributed by atoms with E-state index < -0.39 is 0 Å². The van der Waals surface area contributed by atoms with Crippen molar-refractivity contribution in [1.29, 1.82) is 0 Å². The van der Waals surface area contributed by atoms with Crippen LogP contribution in [0.2, 0.25) is 0 Å². The summed E-state index contributed by atoms with van der Waals surface area (Å²) in [6.07, 6.45) is 1.72. The van der Waals surface area contributed by atoms with Gasteiger partial charge in [0.25, 0.3) is 0 Å². The zero-order valence-electron chi connectivity index (χ0n) is 16.2. The fourth-order valence-electron chi connectivity index (χ4n) is 3.58. The summed E-state index contributed by atoms with van der Waals surface area (Å²) in [6, 6.07) is 17.3. The van der Waals surface area contributed by atoms with Gasteiger partial charge in [-0.3, -0.25) is 4.79 Å². The van der Waals surface area contributed by atoms with Crippen molar-refractivity contribution in [3.63, 3.8) is 0 Å². The van der Waals surface area contributed by atoms with Gasteiger partial charge >= 0.3 is 0 Å². The first-order valence-electron chi connectivity index (χ1n) is 9.66. The van der Waals surface area contributed by atoms with E-state index in [0.29, 0.717) is 29.8 Å². The second-order valence-electron chi connectivity index (χ2n) is 6.92. The molecule has 7 nitrogen and oxygen atoms in total. The van der Waals surface area contributed by atoms with Crippen LogP contribution in [0.15, 0.2) is 59.1 Å². The molecule has 0 saturated carbocycles. The molecule has 4 rings (SSSR count). The zero-order valence-corrected chi connectivity index (χ0v) is 16.2. The number of methoxy groups -OCH3 is 1. The number of amides is 1. The van der Waals surface area contributed by atoms with Crippen LogP contribution in [0.4, 0.5) is 5.69 Å². The van der Waals surface area contributed by atoms with Crippen LogP contribution in [0.25, 0.3) is 0 Å². The lowest BCUT2D eigenvalue weighted by atomic mass is 9.89. The highest BCUT2D eigenvalue weighted by atomic mass is 16.5. The maximum Gasteiger partial charge on any atom is 0.232 e. The van der Waals surface area contributed by atoms with E-state index in [1.165, 1.54) is 0 Å². The smallest absolute Gasteiger partial charge is 0.232 e. The molecule has 1 N–H and O–H groups in total. The monoisotopic (exact) mass is 393 g/mol. The van der Waals surface area contributed by atoms with Crippen LogP contribution in [0.3, 0.4) is 0 Å². The van der Waals surface area contributed by atoms with Crippen molar-refractivity contribution in [1.82, 2.24) is 10.1 Å². The van der Waals surface area contributed by atoms with Crippen LogP contribution < -0.4 is 10.1 Å². The van der Waals surface area contributed by atoms with E-state index in [0.717, 1.165) is 18.4 Å². The number of para-hydroxylation sites is 2. The largest absolute Gasteiger partial charge is 0.495 e. The van der Waals surface area contributed by atoms with Crippen LogP contribution in [0, 0.1) is 0 Å². The van der Waals surface area contributed by atoms with Crippen molar-refractivity contribution < 1.29 is 18.8 Å². The normalized spacial score (nSPS) is 18.9. The Balaban J connectivity index is 1.45. The number of ether oxygens (including phenoxy) is 2. The minimum Gasteiger partial charge on any atom is -0.495 e. The highest BCUT2D eigenvalue weighted by Gasteiger charge is 2.33. The standard InChI is InChI=1S/C22H23N3O4/c1-27-18-12-6-5-11-17(18)23-20(26)14-19-24-22(29-25-19)16-10-7-13-28-21(16)15-8-3-2-4-9-15/h2-6,8-9,11-12,16,21H,7,10,13-14H2,1H3,(H,23,26)/t16-,21+/m1/s1. The molecule has 1 saturated heterocycles. The van der Waals surface area contributed by atoms with Crippen LogP contribution in [0.1, 0.15) is 42.1 Å². The Bertz CT molecular complexity index is 957. The number of nitrogens with zero attached hydrogens (tertiary/aromatic N) is 2. The summed E-state index contributed by atoms with van der Waals surface area (Å²) in [5.74, 6) is 1.20. The van der Waals surface area contributed by atoms with E-state index in [1.807, 2.05) is 42.5 Å². The van der Waals surface area contributed by atoms with Crippen LogP contribution >= 0.6 is 0 Å². The molecule has 2 heterocycles. The molecule has 1 amide bonds. The predicted molar refractivity (Wildman–Crippen MR) is 107 cm³/mol. The first-order valence-corrected chi connectivity index (χ1v) is 9.66. The number of nitrogens with one attached hydrogen (secondary N) is 1. The van der Waals surface area contributed by atoms with Gasteiger partial charge in [0.1, 0.15) is 5.75 Å². The summed E-state index contributed by atoms with van der Waals surface area (Å²) in [6.45, 7) is 0.707. The summed E-state index contributed by atoms with van der Waals surface area (Å²) in [7, 11) is 1.56. The molecule has 0 radical (unpaired) electrons. The van der Waals surface area contributed by atoms with Crippen molar-refractivity contribution in [3.05, 3.63) is 71.9 Å². The summed E-state index contributed by atoms with van der Waals surface area (Å²) in [5, 5.41) is 6.83. The van der Waals surface area contributed by atoms with Gasteiger partial charge in [-0.25, -0.2) is 0 Å². The Hall–Kier alpha value is -3.19. The first-order chi connectivity index (χ1) is 14.2. The van der Waals surface area contributed by atoms with E-state index in [-0.39, 0.29) is 24.3 Å². The van der Waals surface area contributed by atoms with Crippen molar-refractivity contribution >= 4 is 11.6 Å². The van der Waals surface area contributed by atoms with Gasteiger partial charge in [-0.2, -0.15) is 4.98 Å². The molecule has 0 bridgehead atoms. The minimum absolute atomic E-state index is 0.0190. The third-order valence-corrected chi connectivity index (χ3v) is 4.95. The second kappa shape index (κ2) is 8.87. The van der Waals surface area contributed by atoms with E-state index >= 15 is 0 Å². The third-order valence-electron chi connectivity index (χ3n) is 4.95. The van der Waals surface area contributed by atoms with Gasteiger partial charge in [0.2, 0.25) is 11.8 Å². The number of carbonyl (C=O) groups is 1. The molecule has 1 fully saturated rings. The molecular weight excluding hydrogens is 370 g/mol. The first kappa shape index (κ1) is 19.1. The number of hydrogen-bond acceptors (Lipinski definition) is 6. The fraction of sp³-hybridized carbons (Fsp3) is 0.318. The van der Waals surface area contributed by atoms with Gasteiger partial charge in [0.15, 0.2) is 5.82 Å². The molecule has 1 aliphatic rings. The Morgan fingerprint density at radius 1 is 1.17 bits per heavy atom. The summed E-state index contributed by atoms with van der Waals surface area (Å²) in [4.78, 5) is 16.9. The lowest BCUT2D eigenvalue weighted by molar-refractivity contribution is -0.115. The van der Waals surface area contributed by atoms with Crippen LogP contribution in [-0.4, -0.2) is 29.8 Å². The van der Waals surface area contributed by atoms with Crippen molar-refractivity contribution in [2.24, 2.45) is 0 Å². The Labute approximate surface area is 169 Å². The molecule has 0 unspecified atom stereocenters. The van der Waals surface area contributed by atoms with Crippen molar-refractivity contribution in [3.8, 4) is 5.75 Å². The molecule has 0 aliphatic carbocycles. The van der Waals surface area contributed by atoms with Gasteiger partial charge in [-0.05, 0) is 30.5 Å². The van der Waals surface area contributed by atoms with E-state index in [4.69, 9.17) is 14.0 Å². The third kappa shape index (κ3) is 4.46. The quantitative estimate of drug-likeness (QED) is 0.684. The molecule has 3 aromatic rings.